The van der Waals surface area contributed by atoms with E-state index in [-0.39, 0.29) is 18.4 Å². The van der Waals surface area contributed by atoms with Gasteiger partial charge in [0.1, 0.15) is 16.9 Å². The number of ether oxygens (including phenoxy) is 1. The summed E-state index contributed by atoms with van der Waals surface area (Å²) in [6, 6.07) is 11.6. The van der Waals surface area contributed by atoms with Gasteiger partial charge in [0.15, 0.2) is 0 Å². The number of carbonyl (C=O) groups is 1. The van der Waals surface area contributed by atoms with Gasteiger partial charge in [-0.2, -0.15) is 0 Å². The number of piperidine rings is 1. The van der Waals surface area contributed by atoms with Gasteiger partial charge in [0.2, 0.25) is 5.91 Å². The summed E-state index contributed by atoms with van der Waals surface area (Å²) >= 11 is 0. The van der Waals surface area contributed by atoms with Crippen molar-refractivity contribution in [3.63, 3.8) is 0 Å². The summed E-state index contributed by atoms with van der Waals surface area (Å²) in [5, 5.41) is 14.3. The van der Waals surface area contributed by atoms with Crippen LogP contribution in [0, 0.1) is 5.92 Å². The van der Waals surface area contributed by atoms with Gasteiger partial charge in [0.05, 0.1) is 19.3 Å². The van der Waals surface area contributed by atoms with Crippen LogP contribution in [0.2, 0.25) is 0 Å². The van der Waals surface area contributed by atoms with Crippen molar-refractivity contribution in [2.75, 3.05) is 38.7 Å². The third kappa shape index (κ3) is 3.63. The molecule has 1 aliphatic heterocycles. The normalized spacial score (nSPS) is 18.1. The molecule has 1 amide bonds. The lowest BCUT2D eigenvalue weighted by Crippen LogP contribution is -2.41. The molecule has 4 rings (SSSR count). The fraction of sp³-hybridized carbons (Fsp3) is 0.381. The standard InChI is InChI=1S/C21H24N2O4/c1-26-20-9-16-15-6-2-3-7-18(15)27-19(16)10-17(20)22-21(25)12-23-8-4-5-14(11-23)13-24/h2-3,6-7,9-10,14,24H,4-5,8,11-13H2,1H3,(H,22,25). The Morgan fingerprint density at radius 2 is 2.15 bits per heavy atom. The maximum atomic E-state index is 12.6. The van der Waals surface area contributed by atoms with Crippen LogP contribution in [-0.2, 0) is 4.79 Å². The molecule has 1 atom stereocenters. The zero-order valence-corrected chi connectivity index (χ0v) is 15.4. The minimum Gasteiger partial charge on any atom is -0.495 e. The Morgan fingerprint density at radius 3 is 2.96 bits per heavy atom. The number of anilines is 1. The van der Waals surface area contributed by atoms with Gasteiger partial charge in [-0.1, -0.05) is 18.2 Å². The van der Waals surface area contributed by atoms with E-state index in [0.29, 0.717) is 23.6 Å². The molecule has 6 nitrogen and oxygen atoms in total. The molecule has 2 heterocycles. The van der Waals surface area contributed by atoms with Crippen LogP contribution in [-0.4, -0.2) is 49.3 Å². The molecule has 0 bridgehead atoms. The summed E-state index contributed by atoms with van der Waals surface area (Å²) < 4.78 is 11.4. The van der Waals surface area contributed by atoms with Gasteiger partial charge >= 0.3 is 0 Å². The van der Waals surface area contributed by atoms with Gasteiger partial charge in [-0.25, -0.2) is 0 Å². The first-order valence-corrected chi connectivity index (χ1v) is 9.30. The number of nitrogens with one attached hydrogen (secondary N) is 1. The number of hydrogen-bond donors (Lipinski definition) is 2. The maximum Gasteiger partial charge on any atom is 0.238 e. The number of furan rings is 1. The Morgan fingerprint density at radius 1 is 1.30 bits per heavy atom. The highest BCUT2D eigenvalue weighted by atomic mass is 16.5. The van der Waals surface area contributed by atoms with E-state index in [1.54, 1.807) is 7.11 Å². The molecule has 1 aromatic heterocycles. The predicted molar refractivity (Wildman–Crippen MR) is 105 cm³/mol. The molecule has 1 aliphatic rings. The number of rotatable bonds is 5. The fourth-order valence-electron chi connectivity index (χ4n) is 3.85. The molecule has 1 fully saturated rings. The maximum absolute atomic E-state index is 12.6. The number of aliphatic hydroxyl groups excluding tert-OH is 1. The average molecular weight is 368 g/mol. The summed E-state index contributed by atoms with van der Waals surface area (Å²) in [7, 11) is 1.59. The number of carbonyl (C=O) groups excluding carboxylic acids is 1. The summed E-state index contributed by atoms with van der Waals surface area (Å²) in [6.07, 6.45) is 2.03. The van der Waals surface area contributed by atoms with E-state index in [9.17, 15) is 9.90 Å². The quantitative estimate of drug-likeness (QED) is 0.723. The number of nitrogens with zero attached hydrogens (tertiary/aromatic N) is 1. The molecule has 2 N–H and O–H groups in total. The Balaban J connectivity index is 1.55. The van der Waals surface area contributed by atoms with Gasteiger partial charge in [-0.15, -0.1) is 0 Å². The Labute approximate surface area is 157 Å². The lowest BCUT2D eigenvalue weighted by molar-refractivity contribution is -0.117. The first kappa shape index (κ1) is 17.8. The van der Waals surface area contributed by atoms with E-state index < -0.39 is 0 Å². The van der Waals surface area contributed by atoms with E-state index in [2.05, 4.69) is 10.2 Å². The number of likely N-dealkylation sites (tertiary alicyclic amines) is 1. The van der Waals surface area contributed by atoms with Gasteiger partial charge in [0.25, 0.3) is 0 Å². The molecule has 2 aromatic carbocycles. The van der Waals surface area contributed by atoms with E-state index >= 15 is 0 Å². The second-order valence-corrected chi connectivity index (χ2v) is 7.12. The molecular weight excluding hydrogens is 344 g/mol. The molecule has 1 unspecified atom stereocenters. The first-order chi connectivity index (χ1) is 13.2. The smallest absolute Gasteiger partial charge is 0.238 e. The number of aliphatic hydroxyl groups is 1. The molecule has 0 saturated carbocycles. The summed E-state index contributed by atoms with van der Waals surface area (Å²) in [6.45, 7) is 2.11. The zero-order chi connectivity index (χ0) is 18.8. The van der Waals surface area contributed by atoms with Crippen LogP contribution in [0.1, 0.15) is 12.8 Å². The lowest BCUT2D eigenvalue weighted by atomic mass is 9.99. The van der Waals surface area contributed by atoms with Crippen molar-refractivity contribution >= 4 is 33.5 Å². The number of hydrogen-bond acceptors (Lipinski definition) is 5. The third-order valence-corrected chi connectivity index (χ3v) is 5.20. The molecule has 1 saturated heterocycles. The van der Waals surface area contributed by atoms with Gasteiger partial charge in [-0.3, -0.25) is 9.69 Å². The number of fused-ring (bicyclic) bond motifs is 3. The van der Waals surface area contributed by atoms with Crippen LogP contribution in [0.5, 0.6) is 5.75 Å². The van der Waals surface area contributed by atoms with Crippen molar-refractivity contribution in [2.24, 2.45) is 5.92 Å². The monoisotopic (exact) mass is 368 g/mol. The van der Waals surface area contributed by atoms with Crippen molar-refractivity contribution in [1.82, 2.24) is 4.90 Å². The number of benzene rings is 2. The van der Waals surface area contributed by atoms with Crippen LogP contribution in [0.15, 0.2) is 40.8 Å². The molecule has 3 aromatic rings. The zero-order valence-electron chi connectivity index (χ0n) is 15.4. The Hall–Kier alpha value is -2.57. The number of para-hydroxylation sites is 1. The van der Waals surface area contributed by atoms with Crippen LogP contribution in [0.3, 0.4) is 0 Å². The second kappa shape index (κ2) is 7.58. The number of methoxy groups -OCH3 is 1. The van der Waals surface area contributed by atoms with Crippen LogP contribution in [0.25, 0.3) is 21.9 Å². The Kier molecular flexibility index (Phi) is 5.01. The molecule has 142 valence electrons. The van der Waals surface area contributed by atoms with Crippen molar-refractivity contribution in [1.29, 1.82) is 0 Å². The third-order valence-electron chi connectivity index (χ3n) is 5.20. The summed E-state index contributed by atoms with van der Waals surface area (Å²) in [4.78, 5) is 14.6. The van der Waals surface area contributed by atoms with E-state index in [1.165, 1.54) is 0 Å². The average Bonchev–Trinajstić information content (AvgIpc) is 3.04. The second-order valence-electron chi connectivity index (χ2n) is 7.12. The predicted octanol–water partition coefficient (Wildman–Crippen LogP) is 3.24. The van der Waals surface area contributed by atoms with Crippen LogP contribution >= 0.6 is 0 Å². The highest BCUT2D eigenvalue weighted by Gasteiger charge is 2.22. The first-order valence-electron chi connectivity index (χ1n) is 9.30. The number of amides is 1. The topological polar surface area (TPSA) is 74.9 Å². The van der Waals surface area contributed by atoms with Crippen LogP contribution in [0.4, 0.5) is 5.69 Å². The molecule has 0 aliphatic carbocycles. The highest BCUT2D eigenvalue weighted by Crippen LogP contribution is 2.36. The van der Waals surface area contributed by atoms with Gasteiger partial charge in [0, 0.05) is 30.0 Å². The van der Waals surface area contributed by atoms with E-state index in [4.69, 9.17) is 9.15 Å². The summed E-state index contributed by atoms with van der Waals surface area (Å²) in [5.74, 6) is 0.768. The van der Waals surface area contributed by atoms with Gasteiger partial charge in [-0.05, 0) is 37.4 Å². The molecule has 0 radical (unpaired) electrons. The molecule has 0 spiro atoms. The van der Waals surface area contributed by atoms with Crippen LogP contribution < -0.4 is 10.1 Å². The van der Waals surface area contributed by atoms with Gasteiger partial charge < -0.3 is 19.6 Å². The van der Waals surface area contributed by atoms with E-state index in [1.807, 2.05) is 36.4 Å². The minimum absolute atomic E-state index is 0.0950. The lowest BCUT2D eigenvalue weighted by Gasteiger charge is -2.31. The summed E-state index contributed by atoms with van der Waals surface area (Å²) in [5.41, 5.74) is 2.12. The van der Waals surface area contributed by atoms with E-state index in [0.717, 1.165) is 42.3 Å². The molecule has 27 heavy (non-hydrogen) atoms. The highest BCUT2D eigenvalue weighted by molar-refractivity contribution is 6.07. The SMILES string of the molecule is COc1cc2c(cc1NC(=O)CN1CCCC(CO)C1)oc1ccccc12. The molecule has 6 heteroatoms. The minimum atomic E-state index is -0.0950. The van der Waals surface area contributed by atoms with Crippen molar-refractivity contribution in [3.8, 4) is 5.75 Å². The fourth-order valence-corrected chi connectivity index (χ4v) is 3.85. The van der Waals surface area contributed by atoms with Crippen molar-refractivity contribution in [3.05, 3.63) is 36.4 Å². The van der Waals surface area contributed by atoms with Crippen molar-refractivity contribution in [2.45, 2.75) is 12.8 Å². The van der Waals surface area contributed by atoms with Crippen molar-refractivity contribution < 1.29 is 19.1 Å². The molecular formula is C21H24N2O4. The largest absolute Gasteiger partial charge is 0.495 e. The Bertz CT molecular complexity index is 965.